The van der Waals surface area contributed by atoms with Gasteiger partial charge in [-0.05, 0) is 49.4 Å². The molecule has 1 aromatic rings. The molecule has 0 radical (unpaired) electrons. The van der Waals surface area contributed by atoms with Crippen LogP contribution in [-0.4, -0.2) is 18.7 Å². The van der Waals surface area contributed by atoms with E-state index in [1.165, 1.54) is 0 Å². The van der Waals surface area contributed by atoms with E-state index in [1.54, 1.807) is 6.07 Å². The van der Waals surface area contributed by atoms with Crippen LogP contribution < -0.4 is 4.74 Å². The summed E-state index contributed by atoms with van der Waals surface area (Å²) in [6, 6.07) is 5.52. The van der Waals surface area contributed by atoms with Gasteiger partial charge in [-0.3, -0.25) is 0 Å². The molecule has 0 aliphatic carbocycles. The highest BCUT2D eigenvalue weighted by atomic mass is 16.5. The van der Waals surface area contributed by atoms with Crippen molar-refractivity contribution in [3.63, 3.8) is 0 Å². The van der Waals surface area contributed by atoms with Crippen molar-refractivity contribution < 1.29 is 14.3 Å². The van der Waals surface area contributed by atoms with Gasteiger partial charge >= 0.3 is 5.97 Å². The van der Waals surface area contributed by atoms with Crippen LogP contribution in [0.1, 0.15) is 63.4 Å². The molecule has 0 unspecified atom stereocenters. The molecule has 0 spiro atoms. The Kier molecular flexibility index (Phi) is 6.05. The largest absolute Gasteiger partial charge is 0.493 e. The van der Waals surface area contributed by atoms with Gasteiger partial charge in [0.25, 0.3) is 0 Å². The number of esters is 1. The Morgan fingerprint density at radius 2 is 1.75 bits per heavy atom. The van der Waals surface area contributed by atoms with E-state index in [0.29, 0.717) is 24.0 Å². The van der Waals surface area contributed by atoms with Crippen LogP contribution in [0.15, 0.2) is 18.2 Å². The van der Waals surface area contributed by atoms with Gasteiger partial charge < -0.3 is 9.47 Å². The summed E-state index contributed by atoms with van der Waals surface area (Å²) < 4.78 is 11.1. The Labute approximate surface area is 122 Å². The minimum atomic E-state index is -0.280. The van der Waals surface area contributed by atoms with E-state index in [-0.39, 0.29) is 12.1 Å². The van der Waals surface area contributed by atoms with Crippen molar-refractivity contribution in [1.82, 2.24) is 0 Å². The number of ether oxygens (including phenoxy) is 2. The molecule has 0 saturated carbocycles. The lowest BCUT2D eigenvalue weighted by Gasteiger charge is -2.17. The monoisotopic (exact) mass is 278 g/mol. The fourth-order valence-electron chi connectivity index (χ4n) is 1.80. The number of carbonyl (C=O) groups excluding carboxylic acids is 1. The molecule has 1 rings (SSSR count). The van der Waals surface area contributed by atoms with Crippen molar-refractivity contribution in [1.29, 1.82) is 0 Å². The Balaban J connectivity index is 2.97. The van der Waals surface area contributed by atoms with Crippen LogP contribution in [0.25, 0.3) is 0 Å². The second kappa shape index (κ2) is 7.32. The van der Waals surface area contributed by atoms with E-state index in [1.807, 2.05) is 26.0 Å². The maximum absolute atomic E-state index is 11.9. The van der Waals surface area contributed by atoms with Gasteiger partial charge in [-0.25, -0.2) is 4.79 Å². The van der Waals surface area contributed by atoms with E-state index < -0.39 is 0 Å². The van der Waals surface area contributed by atoms with Gasteiger partial charge in [0.2, 0.25) is 0 Å². The maximum Gasteiger partial charge on any atom is 0.338 e. The average Bonchev–Trinajstić information content (AvgIpc) is 2.35. The minimum Gasteiger partial charge on any atom is -0.493 e. The summed E-state index contributed by atoms with van der Waals surface area (Å²) in [5, 5.41) is 0. The lowest BCUT2D eigenvalue weighted by Crippen LogP contribution is -2.13. The van der Waals surface area contributed by atoms with Crippen LogP contribution in [0.3, 0.4) is 0 Å². The van der Waals surface area contributed by atoms with Gasteiger partial charge in [-0.2, -0.15) is 0 Å². The van der Waals surface area contributed by atoms with E-state index in [4.69, 9.17) is 9.47 Å². The first-order chi connectivity index (χ1) is 9.31. The summed E-state index contributed by atoms with van der Waals surface area (Å²) in [4.78, 5) is 11.9. The second-order valence-corrected chi connectivity index (χ2v) is 6.07. The predicted octanol–water partition coefficient (Wildman–Crippen LogP) is 4.41. The molecule has 0 saturated heterocycles. The Morgan fingerprint density at radius 3 is 2.25 bits per heavy atom. The lowest BCUT2D eigenvalue weighted by atomic mass is 9.99. The third-order valence-corrected chi connectivity index (χ3v) is 2.78. The van der Waals surface area contributed by atoms with Crippen molar-refractivity contribution in [2.24, 2.45) is 5.92 Å². The Hall–Kier alpha value is -1.51. The molecule has 112 valence electrons. The molecule has 0 fully saturated rings. The molecule has 0 aliphatic rings. The lowest BCUT2D eigenvalue weighted by molar-refractivity contribution is 0.0377. The van der Waals surface area contributed by atoms with Crippen molar-refractivity contribution in [3.05, 3.63) is 29.3 Å². The third kappa shape index (κ3) is 4.87. The van der Waals surface area contributed by atoms with Gasteiger partial charge in [-0.1, -0.05) is 27.7 Å². The average molecular weight is 278 g/mol. The molecule has 0 aromatic heterocycles. The Morgan fingerprint density at radius 1 is 1.10 bits per heavy atom. The molecule has 1 aromatic carbocycles. The topological polar surface area (TPSA) is 35.5 Å². The number of hydrogen-bond acceptors (Lipinski definition) is 3. The zero-order valence-electron chi connectivity index (χ0n) is 13.4. The summed E-state index contributed by atoms with van der Waals surface area (Å²) >= 11 is 0. The van der Waals surface area contributed by atoms with Crippen LogP contribution in [0.2, 0.25) is 0 Å². The van der Waals surface area contributed by atoms with Crippen LogP contribution >= 0.6 is 0 Å². The van der Waals surface area contributed by atoms with Gasteiger partial charge in [0.15, 0.2) is 0 Å². The fourth-order valence-corrected chi connectivity index (χ4v) is 1.80. The first-order valence-electron chi connectivity index (χ1n) is 7.29. The molecule has 3 nitrogen and oxygen atoms in total. The minimum absolute atomic E-state index is 0.109. The summed E-state index contributed by atoms with van der Waals surface area (Å²) in [5.74, 6) is 1.34. The fraction of sp³-hybridized carbons (Fsp3) is 0.588. The number of benzene rings is 1. The van der Waals surface area contributed by atoms with E-state index in [2.05, 4.69) is 27.7 Å². The zero-order valence-corrected chi connectivity index (χ0v) is 13.4. The third-order valence-electron chi connectivity index (χ3n) is 2.78. The molecule has 0 aliphatic heterocycles. The van der Waals surface area contributed by atoms with Gasteiger partial charge in [0.1, 0.15) is 5.75 Å². The number of hydrogen-bond donors (Lipinski definition) is 0. The van der Waals surface area contributed by atoms with Gasteiger partial charge in [0.05, 0.1) is 18.3 Å². The highest BCUT2D eigenvalue weighted by Crippen LogP contribution is 2.28. The van der Waals surface area contributed by atoms with Gasteiger partial charge in [-0.15, -0.1) is 0 Å². The second-order valence-electron chi connectivity index (χ2n) is 6.07. The molecule has 0 atom stereocenters. The smallest absolute Gasteiger partial charge is 0.338 e. The van der Waals surface area contributed by atoms with Crippen molar-refractivity contribution >= 4 is 5.97 Å². The molecule has 3 heteroatoms. The first kappa shape index (κ1) is 16.5. The summed E-state index contributed by atoms with van der Waals surface area (Å²) in [6.07, 6.45) is -0.109. The molecule has 0 amide bonds. The van der Waals surface area contributed by atoms with Crippen molar-refractivity contribution in [2.75, 3.05) is 6.61 Å². The first-order valence-corrected chi connectivity index (χ1v) is 7.29. The standard InChI is InChI=1S/C17H26O3/c1-11(2)10-19-16-8-7-14(9-15(16)12(3)4)17(18)20-13(5)6/h7-9,11-13H,10H2,1-6H3. The summed E-state index contributed by atoms with van der Waals surface area (Å²) in [5.41, 5.74) is 1.63. The molecular weight excluding hydrogens is 252 g/mol. The number of carbonyl (C=O) groups is 1. The van der Waals surface area contributed by atoms with Crippen LogP contribution in [0.4, 0.5) is 0 Å². The summed E-state index contributed by atoms with van der Waals surface area (Å²) in [7, 11) is 0. The van der Waals surface area contributed by atoms with E-state index >= 15 is 0 Å². The quantitative estimate of drug-likeness (QED) is 0.723. The van der Waals surface area contributed by atoms with Gasteiger partial charge in [0, 0.05) is 0 Å². The molecule has 0 N–H and O–H groups in total. The molecular formula is C17H26O3. The number of rotatable bonds is 6. The zero-order chi connectivity index (χ0) is 15.3. The van der Waals surface area contributed by atoms with E-state index in [9.17, 15) is 4.79 Å². The highest BCUT2D eigenvalue weighted by molar-refractivity contribution is 5.90. The SMILES string of the molecule is CC(C)COc1ccc(C(=O)OC(C)C)cc1C(C)C. The maximum atomic E-state index is 11.9. The Bertz CT molecular complexity index is 448. The molecule has 20 heavy (non-hydrogen) atoms. The van der Waals surface area contributed by atoms with Crippen LogP contribution in [0.5, 0.6) is 5.75 Å². The van der Waals surface area contributed by atoms with Crippen LogP contribution in [-0.2, 0) is 4.74 Å². The van der Waals surface area contributed by atoms with E-state index in [0.717, 1.165) is 11.3 Å². The van der Waals surface area contributed by atoms with Crippen LogP contribution in [0, 0.1) is 5.92 Å². The summed E-state index contributed by atoms with van der Waals surface area (Å²) in [6.45, 7) is 12.8. The highest BCUT2D eigenvalue weighted by Gasteiger charge is 2.15. The molecule has 0 bridgehead atoms. The van der Waals surface area contributed by atoms with Crippen molar-refractivity contribution in [3.8, 4) is 5.75 Å². The normalized spacial score (nSPS) is 11.2. The molecule has 0 heterocycles. The predicted molar refractivity (Wildman–Crippen MR) is 81.4 cm³/mol. The van der Waals surface area contributed by atoms with Crippen molar-refractivity contribution in [2.45, 2.75) is 53.6 Å².